The standard InChI is InChI=1S/C31H34N8O2.C3H7N/c1-17-3-7-24-19(11-17)4-5-20-12-21(28(33)41)6-8-25(20)31(24,29-35-37-38-36-29)16-30(9-10-30)34-15-26(40)39-22(14-32)13-23-18(2)27(23)39;1-3(2)4/h3,6-8,11-12,18,22-23,27,34H,4-5,9-10,13,15-16H2,1-2H3,(H2,33,41)(H,35,36,37,38);1,4H2,2H3. The Hall–Kier alpha value is -4.56. The number of tetrazole rings is 1. The number of hydrogen-bond acceptors (Lipinski definition) is 8. The van der Waals surface area contributed by atoms with Gasteiger partial charge in [-0.3, -0.25) is 9.59 Å². The van der Waals surface area contributed by atoms with Gasteiger partial charge in [0.1, 0.15) is 6.04 Å². The molecule has 5 unspecified atom stereocenters. The Morgan fingerprint density at radius 3 is 2.42 bits per heavy atom. The Morgan fingerprint density at radius 2 is 1.82 bits per heavy atom. The zero-order chi connectivity index (χ0) is 32.1. The lowest BCUT2D eigenvalue weighted by Crippen LogP contribution is -2.49. The highest BCUT2D eigenvalue weighted by Crippen LogP contribution is 2.55. The lowest BCUT2D eigenvalue weighted by atomic mass is 9.67. The average Bonchev–Trinajstić information content (AvgIpc) is 3.72. The zero-order valence-corrected chi connectivity index (χ0v) is 26.1. The van der Waals surface area contributed by atoms with Gasteiger partial charge in [-0.05, 0) is 104 Å². The minimum atomic E-state index is -0.760. The van der Waals surface area contributed by atoms with Crippen LogP contribution in [-0.2, 0) is 23.1 Å². The minimum Gasteiger partial charge on any atom is -0.403 e. The van der Waals surface area contributed by atoms with Gasteiger partial charge in [0.15, 0.2) is 5.82 Å². The van der Waals surface area contributed by atoms with E-state index in [2.05, 4.69) is 70.6 Å². The second-order valence-corrected chi connectivity index (χ2v) is 13.4. The molecule has 7 rings (SSSR count). The van der Waals surface area contributed by atoms with Crippen LogP contribution >= 0.6 is 0 Å². The first-order valence-corrected chi connectivity index (χ1v) is 15.6. The van der Waals surface area contributed by atoms with Gasteiger partial charge in [-0.2, -0.15) is 10.5 Å². The molecule has 3 aliphatic carbocycles. The first kappa shape index (κ1) is 30.5. The number of hydrogen-bond donors (Lipinski definition) is 4. The van der Waals surface area contributed by atoms with E-state index < -0.39 is 11.3 Å². The van der Waals surface area contributed by atoms with Crippen molar-refractivity contribution in [2.75, 3.05) is 6.54 Å². The number of amides is 2. The molecule has 11 nitrogen and oxygen atoms in total. The van der Waals surface area contributed by atoms with Gasteiger partial charge in [-0.1, -0.05) is 48.5 Å². The maximum Gasteiger partial charge on any atom is 0.248 e. The van der Waals surface area contributed by atoms with E-state index in [4.69, 9.17) is 11.5 Å². The van der Waals surface area contributed by atoms with Gasteiger partial charge in [-0.25, -0.2) is 0 Å². The van der Waals surface area contributed by atoms with Crippen LogP contribution in [0.2, 0.25) is 0 Å². The van der Waals surface area contributed by atoms with Crippen molar-refractivity contribution in [3.05, 3.63) is 87.9 Å². The van der Waals surface area contributed by atoms with Crippen molar-refractivity contribution in [3.8, 4) is 6.07 Å². The smallest absolute Gasteiger partial charge is 0.248 e. The molecule has 11 heteroatoms. The summed E-state index contributed by atoms with van der Waals surface area (Å²) in [6.45, 7) is 9.53. The number of aromatic amines is 1. The summed E-state index contributed by atoms with van der Waals surface area (Å²) in [4.78, 5) is 27.5. The number of H-pyrrole nitrogens is 1. The number of carbonyl (C=O) groups excluding carboxylic acids is 2. The van der Waals surface area contributed by atoms with Crippen LogP contribution in [0.1, 0.15) is 83.5 Å². The molecule has 2 heterocycles. The molecule has 1 aliphatic heterocycles. The van der Waals surface area contributed by atoms with Crippen LogP contribution in [0.5, 0.6) is 0 Å². The molecule has 0 bridgehead atoms. The summed E-state index contributed by atoms with van der Waals surface area (Å²) in [5.74, 6) is 1.02. The average molecular weight is 608 g/mol. The Kier molecular flexibility index (Phi) is 7.73. The van der Waals surface area contributed by atoms with Gasteiger partial charge < -0.3 is 21.7 Å². The number of fused-ring (bicyclic) bond motifs is 3. The summed E-state index contributed by atoms with van der Waals surface area (Å²) in [6.07, 6.45) is 4.75. The van der Waals surface area contributed by atoms with Crippen molar-refractivity contribution < 1.29 is 9.59 Å². The van der Waals surface area contributed by atoms with Gasteiger partial charge in [0.2, 0.25) is 11.8 Å². The molecule has 2 aromatic carbocycles. The number of nitriles is 1. The second kappa shape index (κ2) is 11.4. The van der Waals surface area contributed by atoms with Crippen LogP contribution in [0.3, 0.4) is 0 Å². The van der Waals surface area contributed by atoms with Gasteiger partial charge in [0.25, 0.3) is 0 Å². The highest BCUT2D eigenvalue weighted by molar-refractivity contribution is 5.93. The lowest BCUT2D eigenvalue weighted by Gasteiger charge is -2.37. The number of nitrogens with two attached hydrogens (primary N) is 2. The monoisotopic (exact) mass is 607 g/mol. The zero-order valence-electron chi connectivity index (χ0n) is 26.1. The second-order valence-electron chi connectivity index (χ2n) is 13.4. The molecule has 1 aromatic heterocycles. The predicted molar refractivity (Wildman–Crippen MR) is 168 cm³/mol. The number of carbonyl (C=O) groups is 2. The molecular formula is C34H41N9O2. The number of allylic oxidation sites excluding steroid dienone is 1. The molecule has 2 amide bonds. The maximum absolute atomic E-state index is 13.5. The summed E-state index contributed by atoms with van der Waals surface area (Å²) < 4.78 is 0. The summed E-state index contributed by atoms with van der Waals surface area (Å²) >= 11 is 0. The first-order chi connectivity index (χ1) is 21.5. The van der Waals surface area contributed by atoms with Gasteiger partial charge in [-0.15, -0.1) is 10.2 Å². The van der Waals surface area contributed by atoms with Gasteiger partial charge in [0.05, 0.1) is 18.0 Å². The summed E-state index contributed by atoms with van der Waals surface area (Å²) in [5, 5.41) is 29.1. The Labute approximate surface area is 263 Å². The Bertz CT molecular complexity index is 1690. The number of benzene rings is 2. The van der Waals surface area contributed by atoms with Crippen molar-refractivity contribution in [2.24, 2.45) is 23.3 Å². The number of primary amides is 1. The van der Waals surface area contributed by atoms with E-state index in [9.17, 15) is 14.9 Å². The van der Waals surface area contributed by atoms with Crippen molar-refractivity contribution >= 4 is 11.8 Å². The number of nitrogens with one attached hydrogen (secondary N) is 2. The SMILES string of the molecule is C=C(C)N.Cc1ccc2c(c1)CCc1cc(C(N)=O)ccc1C2(CC1(NCC(=O)N2C(C#N)CC3C(C)C32)CC1)c1nn[nH]n1. The molecule has 0 radical (unpaired) electrons. The Balaban J connectivity index is 0.000000845. The third-order valence-electron chi connectivity index (χ3n) is 10.1. The highest BCUT2D eigenvalue weighted by atomic mass is 16.2. The van der Waals surface area contributed by atoms with Crippen LogP contribution in [0.25, 0.3) is 0 Å². The number of likely N-dealkylation sites (tertiary alicyclic amines) is 1. The molecule has 6 N–H and O–H groups in total. The van der Waals surface area contributed by atoms with Crippen molar-refractivity contribution in [2.45, 2.75) is 82.3 Å². The van der Waals surface area contributed by atoms with E-state index in [0.29, 0.717) is 35.3 Å². The fourth-order valence-corrected chi connectivity index (χ4v) is 7.78. The molecule has 3 fully saturated rings. The number of nitrogens with zero attached hydrogens (tertiary/aromatic N) is 5. The van der Waals surface area contributed by atoms with Crippen LogP contribution in [0, 0.1) is 30.1 Å². The number of aromatic nitrogens is 4. The van der Waals surface area contributed by atoms with Crippen LogP contribution < -0.4 is 16.8 Å². The van der Waals surface area contributed by atoms with Gasteiger partial charge >= 0.3 is 0 Å². The van der Waals surface area contributed by atoms with E-state index in [-0.39, 0.29) is 30.1 Å². The lowest BCUT2D eigenvalue weighted by molar-refractivity contribution is -0.131. The van der Waals surface area contributed by atoms with Crippen LogP contribution in [-0.4, -0.2) is 61.5 Å². The highest BCUT2D eigenvalue weighted by Gasteiger charge is 2.60. The molecule has 0 spiro atoms. The molecule has 4 aliphatic rings. The van der Waals surface area contributed by atoms with E-state index in [1.165, 1.54) is 11.1 Å². The van der Waals surface area contributed by atoms with Crippen molar-refractivity contribution in [1.29, 1.82) is 5.26 Å². The quantitative estimate of drug-likeness (QED) is 0.316. The molecule has 1 saturated heterocycles. The molecular weight excluding hydrogens is 566 g/mol. The topological polar surface area (TPSA) is 180 Å². The van der Waals surface area contributed by atoms with Gasteiger partial charge in [0, 0.05) is 17.1 Å². The molecule has 5 atom stereocenters. The number of aryl methyl sites for hydroxylation is 3. The minimum absolute atomic E-state index is 0.00308. The molecule has 45 heavy (non-hydrogen) atoms. The van der Waals surface area contributed by atoms with Crippen molar-refractivity contribution in [1.82, 2.24) is 30.8 Å². The normalized spacial score (nSPS) is 26.6. The van der Waals surface area contributed by atoms with E-state index in [0.717, 1.165) is 48.8 Å². The van der Waals surface area contributed by atoms with E-state index in [1.807, 2.05) is 17.0 Å². The third-order valence-corrected chi connectivity index (χ3v) is 10.1. The fourth-order valence-electron chi connectivity index (χ4n) is 7.78. The first-order valence-electron chi connectivity index (χ1n) is 15.6. The number of rotatable bonds is 7. The fraction of sp³-hybridized carbons (Fsp3) is 0.471. The summed E-state index contributed by atoms with van der Waals surface area (Å²) in [5.41, 5.74) is 16.2. The molecule has 3 aromatic rings. The van der Waals surface area contributed by atoms with Crippen LogP contribution in [0.4, 0.5) is 0 Å². The predicted octanol–water partition coefficient (Wildman–Crippen LogP) is 2.79. The maximum atomic E-state index is 13.5. The molecule has 2 saturated carbocycles. The van der Waals surface area contributed by atoms with Crippen molar-refractivity contribution in [3.63, 3.8) is 0 Å². The number of piperidine rings is 1. The van der Waals surface area contributed by atoms with E-state index >= 15 is 0 Å². The Morgan fingerprint density at radius 1 is 1.16 bits per heavy atom. The molecule has 234 valence electrons. The van der Waals surface area contributed by atoms with E-state index in [1.54, 1.807) is 13.0 Å². The summed E-state index contributed by atoms with van der Waals surface area (Å²) in [7, 11) is 0. The largest absolute Gasteiger partial charge is 0.403 e. The van der Waals surface area contributed by atoms with Crippen LogP contribution in [0.15, 0.2) is 48.7 Å². The summed E-state index contributed by atoms with van der Waals surface area (Å²) in [6, 6.07) is 14.4. The third kappa shape index (κ3) is 5.48.